The van der Waals surface area contributed by atoms with Crippen LogP contribution in [0.3, 0.4) is 0 Å². The standard InChI is InChI=1S/C23H24ClF3N2O5S/c1-2-34-22(31)16-10-12-28(13-11-16)21(30)15-29(35(32,33)18-6-4-3-5-7-18)17-8-9-20(24)19(14-17)23(25,26)27/h3-9,14,16H,2,10-13,15H2,1H3. The summed E-state index contributed by atoms with van der Waals surface area (Å²) < 4.78 is 72.8. The van der Waals surface area contributed by atoms with Gasteiger partial charge in [0.2, 0.25) is 5.91 Å². The molecule has 1 heterocycles. The van der Waals surface area contributed by atoms with E-state index in [0.717, 1.165) is 12.1 Å². The van der Waals surface area contributed by atoms with Gasteiger partial charge in [-0.25, -0.2) is 8.42 Å². The van der Waals surface area contributed by atoms with Crippen molar-refractivity contribution >= 4 is 39.2 Å². The highest BCUT2D eigenvalue weighted by molar-refractivity contribution is 7.92. The van der Waals surface area contributed by atoms with E-state index in [4.69, 9.17) is 16.3 Å². The highest BCUT2D eigenvalue weighted by Crippen LogP contribution is 2.38. The van der Waals surface area contributed by atoms with Crippen LogP contribution in [0.15, 0.2) is 53.4 Å². The highest BCUT2D eigenvalue weighted by Gasteiger charge is 2.36. The van der Waals surface area contributed by atoms with Crippen molar-refractivity contribution in [2.24, 2.45) is 5.92 Å². The van der Waals surface area contributed by atoms with Gasteiger partial charge in [0.25, 0.3) is 10.0 Å². The number of piperidine rings is 1. The Morgan fingerprint density at radius 2 is 1.74 bits per heavy atom. The second-order valence-corrected chi connectivity index (χ2v) is 10.2. The Kier molecular flexibility index (Phi) is 8.32. The van der Waals surface area contributed by atoms with E-state index < -0.39 is 39.2 Å². The number of sulfonamides is 1. The molecule has 0 bridgehead atoms. The minimum Gasteiger partial charge on any atom is -0.466 e. The Morgan fingerprint density at radius 3 is 2.31 bits per heavy atom. The lowest BCUT2D eigenvalue weighted by atomic mass is 9.97. The molecule has 2 aromatic rings. The molecule has 3 rings (SSSR count). The summed E-state index contributed by atoms with van der Waals surface area (Å²) in [7, 11) is -4.39. The number of hydrogen-bond acceptors (Lipinski definition) is 5. The lowest BCUT2D eigenvalue weighted by molar-refractivity contribution is -0.151. The number of amides is 1. The number of alkyl halides is 3. The van der Waals surface area contributed by atoms with E-state index in [-0.39, 0.29) is 42.2 Å². The maximum absolute atomic E-state index is 13.5. The molecular weight excluding hydrogens is 509 g/mol. The van der Waals surface area contributed by atoms with Crippen molar-refractivity contribution in [3.05, 3.63) is 59.1 Å². The summed E-state index contributed by atoms with van der Waals surface area (Å²) in [6, 6.07) is 9.79. The molecule has 1 aliphatic heterocycles. The third kappa shape index (κ3) is 6.26. The molecule has 1 saturated heterocycles. The average Bonchev–Trinajstić information content (AvgIpc) is 2.83. The number of ether oxygens (including phenoxy) is 1. The van der Waals surface area contributed by atoms with E-state index in [1.165, 1.54) is 29.2 Å². The van der Waals surface area contributed by atoms with Gasteiger partial charge in [0.1, 0.15) is 6.54 Å². The van der Waals surface area contributed by atoms with E-state index in [9.17, 15) is 31.2 Å². The smallest absolute Gasteiger partial charge is 0.417 e. The number of esters is 1. The van der Waals surface area contributed by atoms with Crippen molar-refractivity contribution < 1.29 is 35.9 Å². The number of halogens is 4. The molecule has 190 valence electrons. The first-order chi connectivity index (χ1) is 16.4. The molecule has 0 aromatic heterocycles. The number of rotatable bonds is 7. The number of carbonyl (C=O) groups excluding carboxylic acids is 2. The van der Waals surface area contributed by atoms with E-state index in [1.54, 1.807) is 13.0 Å². The molecule has 0 unspecified atom stereocenters. The predicted octanol–water partition coefficient (Wildman–Crippen LogP) is 4.36. The van der Waals surface area contributed by atoms with Gasteiger partial charge in [-0.1, -0.05) is 29.8 Å². The van der Waals surface area contributed by atoms with Crippen molar-refractivity contribution in [1.29, 1.82) is 0 Å². The Morgan fingerprint density at radius 1 is 1.11 bits per heavy atom. The van der Waals surface area contributed by atoms with E-state index >= 15 is 0 Å². The SMILES string of the molecule is CCOC(=O)C1CCN(C(=O)CN(c2ccc(Cl)c(C(F)(F)F)c2)S(=O)(=O)c2ccccc2)CC1. The molecular formula is C23H24ClF3N2O5S. The maximum Gasteiger partial charge on any atom is 0.417 e. The van der Waals surface area contributed by atoms with Crippen LogP contribution in [-0.4, -0.2) is 51.4 Å². The molecule has 0 N–H and O–H groups in total. The van der Waals surface area contributed by atoms with Crippen LogP contribution in [0.4, 0.5) is 18.9 Å². The lowest BCUT2D eigenvalue weighted by Crippen LogP contribution is -2.46. The minimum absolute atomic E-state index is 0.183. The molecule has 0 spiro atoms. The molecule has 0 atom stereocenters. The molecule has 1 amide bonds. The predicted molar refractivity (Wildman–Crippen MR) is 123 cm³/mol. The summed E-state index contributed by atoms with van der Waals surface area (Å²) in [6.07, 6.45) is -4.14. The second kappa shape index (κ2) is 10.9. The first-order valence-electron chi connectivity index (χ1n) is 10.8. The monoisotopic (exact) mass is 532 g/mol. The Hall–Kier alpha value is -2.79. The largest absolute Gasteiger partial charge is 0.466 e. The number of benzene rings is 2. The summed E-state index contributed by atoms with van der Waals surface area (Å²) in [6.45, 7) is 1.59. The van der Waals surface area contributed by atoms with Crippen molar-refractivity contribution in [3.63, 3.8) is 0 Å². The zero-order valence-electron chi connectivity index (χ0n) is 18.8. The maximum atomic E-state index is 13.5. The molecule has 2 aromatic carbocycles. The molecule has 7 nitrogen and oxygen atoms in total. The van der Waals surface area contributed by atoms with Gasteiger partial charge in [0.15, 0.2) is 0 Å². The van der Waals surface area contributed by atoms with E-state index in [1.807, 2.05) is 0 Å². The van der Waals surface area contributed by atoms with Gasteiger partial charge in [0.05, 0.1) is 33.7 Å². The van der Waals surface area contributed by atoms with Gasteiger partial charge < -0.3 is 9.64 Å². The number of anilines is 1. The van der Waals surface area contributed by atoms with E-state index in [0.29, 0.717) is 23.2 Å². The molecule has 35 heavy (non-hydrogen) atoms. The van der Waals surface area contributed by atoms with Crippen LogP contribution in [0.25, 0.3) is 0 Å². The second-order valence-electron chi connectivity index (χ2n) is 7.89. The molecule has 1 fully saturated rings. The quantitative estimate of drug-likeness (QED) is 0.495. The van der Waals surface area contributed by atoms with Crippen LogP contribution in [0.1, 0.15) is 25.3 Å². The van der Waals surface area contributed by atoms with Crippen LogP contribution in [0, 0.1) is 5.92 Å². The fourth-order valence-electron chi connectivity index (χ4n) is 3.77. The Balaban J connectivity index is 1.91. The van der Waals surface area contributed by atoms with Crippen LogP contribution >= 0.6 is 11.6 Å². The van der Waals surface area contributed by atoms with Crippen LogP contribution in [0.5, 0.6) is 0 Å². The fraction of sp³-hybridized carbons (Fsp3) is 0.391. The Bertz CT molecular complexity index is 1170. The zero-order chi connectivity index (χ0) is 25.8. The Labute approximate surface area is 206 Å². The summed E-state index contributed by atoms with van der Waals surface area (Å²) in [5.74, 6) is -1.32. The molecule has 0 saturated carbocycles. The van der Waals surface area contributed by atoms with Crippen molar-refractivity contribution in [2.45, 2.75) is 30.8 Å². The van der Waals surface area contributed by atoms with Gasteiger partial charge in [-0.05, 0) is 50.1 Å². The van der Waals surface area contributed by atoms with Crippen LogP contribution < -0.4 is 4.31 Å². The average molecular weight is 533 g/mol. The topological polar surface area (TPSA) is 84.0 Å². The highest BCUT2D eigenvalue weighted by atomic mass is 35.5. The van der Waals surface area contributed by atoms with Crippen molar-refractivity contribution in [2.75, 3.05) is 30.5 Å². The van der Waals surface area contributed by atoms with E-state index in [2.05, 4.69) is 0 Å². The molecule has 0 aliphatic carbocycles. The number of likely N-dealkylation sites (tertiary alicyclic amines) is 1. The normalized spacial score (nSPS) is 15.1. The first-order valence-corrected chi connectivity index (χ1v) is 12.7. The van der Waals surface area contributed by atoms with Gasteiger partial charge in [-0.3, -0.25) is 13.9 Å². The van der Waals surface area contributed by atoms with Crippen molar-refractivity contribution in [1.82, 2.24) is 4.90 Å². The van der Waals surface area contributed by atoms with Crippen molar-refractivity contribution in [3.8, 4) is 0 Å². The van der Waals surface area contributed by atoms with Gasteiger partial charge in [-0.2, -0.15) is 13.2 Å². The van der Waals surface area contributed by atoms with Gasteiger partial charge in [-0.15, -0.1) is 0 Å². The fourth-order valence-corrected chi connectivity index (χ4v) is 5.42. The van der Waals surface area contributed by atoms with Gasteiger partial charge >= 0.3 is 12.1 Å². The third-order valence-electron chi connectivity index (χ3n) is 5.62. The number of hydrogen-bond donors (Lipinski definition) is 0. The number of carbonyl (C=O) groups is 2. The zero-order valence-corrected chi connectivity index (χ0v) is 20.4. The van der Waals surface area contributed by atoms with Crippen LogP contribution in [0.2, 0.25) is 5.02 Å². The first kappa shape index (κ1) is 26.8. The lowest BCUT2D eigenvalue weighted by Gasteiger charge is -2.33. The van der Waals surface area contributed by atoms with Crippen LogP contribution in [-0.2, 0) is 30.5 Å². The summed E-state index contributed by atoms with van der Waals surface area (Å²) in [4.78, 5) is 26.2. The summed E-state index contributed by atoms with van der Waals surface area (Å²) >= 11 is 5.71. The summed E-state index contributed by atoms with van der Waals surface area (Å²) in [5, 5.41) is -0.592. The molecule has 0 radical (unpaired) electrons. The molecule has 1 aliphatic rings. The summed E-state index contributed by atoms with van der Waals surface area (Å²) in [5.41, 5.74) is -1.56. The number of nitrogens with zero attached hydrogens (tertiary/aromatic N) is 2. The van der Waals surface area contributed by atoms with Gasteiger partial charge in [0, 0.05) is 13.1 Å². The minimum atomic E-state index is -4.83. The third-order valence-corrected chi connectivity index (χ3v) is 7.74. The molecule has 12 heteroatoms.